The molecule has 1 atom stereocenters. The first kappa shape index (κ1) is 21.1. The summed E-state index contributed by atoms with van der Waals surface area (Å²) in [6, 6.07) is 17.0. The first-order valence-corrected chi connectivity index (χ1v) is 11.4. The molecule has 1 N–H and O–H groups in total. The van der Waals surface area contributed by atoms with Gasteiger partial charge in [-0.25, -0.2) is 9.18 Å². The van der Waals surface area contributed by atoms with Crippen LogP contribution in [0.25, 0.3) is 17.0 Å². The highest BCUT2D eigenvalue weighted by molar-refractivity contribution is 7.09. The number of rotatable bonds is 5. The summed E-state index contributed by atoms with van der Waals surface area (Å²) >= 11 is 1.57. The summed E-state index contributed by atoms with van der Waals surface area (Å²) in [5, 5.41) is 9.15. The number of nitrogens with one attached hydrogen (secondary N) is 1. The zero-order chi connectivity index (χ0) is 22.9. The second-order valence-electron chi connectivity index (χ2n) is 7.89. The Labute approximate surface area is 194 Å². The van der Waals surface area contributed by atoms with Crippen LogP contribution >= 0.6 is 11.3 Å². The van der Waals surface area contributed by atoms with E-state index in [0.717, 1.165) is 16.0 Å². The molecule has 0 saturated heterocycles. The van der Waals surface area contributed by atoms with Crippen molar-refractivity contribution < 1.29 is 13.7 Å². The van der Waals surface area contributed by atoms with Gasteiger partial charge in [0.25, 0.3) is 5.89 Å². The van der Waals surface area contributed by atoms with Gasteiger partial charge in [-0.05, 0) is 49.1 Å². The third-order valence-corrected chi connectivity index (χ3v) is 6.47. The number of aryl methyl sites for hydroxylation is 1. The minimum Gasteiger partial charge on any atom is -0.334 e. The van der Waals surface area contributed by atoms with Crippen molar-refractivity contribution in [3.05, 3.63) is 99.5 Å². The minimum atomic E-state index is -0.626. The van der Waals surface area contributed by atoms with Gasteiger partial charge in [0, 0.05) is 16.1 Å². The van der Waals surface area contributed by atoms with Gasteiger partial charge in [-0.2, -0.15) is 4.98 Å². The zero-order valence-electron chi connectivity index (χ0n) is 18.1. The molecule has 2 amide bonds. The molecule has 33 heavy (non-hydrogen) atoms. The fourth-order valence-electron chi connectivity index (χ4n) is 3.98. The van der Waals surface area contributed by atoms with E-state index in [1.807, 2.05) is 55.6 Å². The van der Waals surface area contributed by atoms with Crippen molar-refractivity contribution in [2.75, 3.05) is 0 Å². The SMILES string of the molecule is CC1=C(c2nc(-c3cccc(C)c3)no2)C(c2cccc(F)c2)NC(=O)N1Cc1cccs1. The highest BCUT2D eigenvalue weighted by Gasteiger charge is 2.36. The fraction of sp³-hybridized carbons (Fsp3) is 0.160. The molecule has 0 fully saturated rings. The van der Waals surface area contributed by atoms with E-state index in [1.54, 1.807) is 28.4 Å². The number of hydrogen-bond donors (Lipinski definition) is 1. The van der Waals surface area contributed by atoms with E-state index in [4.69, 9.17) is 4.52 Å². The van der Waals surface area contributed by atoms with Gasteiger partial charge < -0.3 is 9.84 Å². The van der Waals surface area contributed by atoms with Gasteiger partial charge in [0.1, 0.15) is 5.82 Å². The fourth-order valence-corrected chi connectivity index (χ4v) is 4.67. The topological polar surface area (TPSA) is 71.3 Å². The van der Waals surface area contributed by atoms with E-state index in [9.17, 15) is 9.18 Å². The molecule has 8 heteroatoms. The molecular weight excluding hydrogens is 439 g/mol. The maximum absolute atomic E-state index is 14.0. The zero-order valence-corrected chi connectivity index (χ0v) is 18.9. The third-order valence-electron chi connectivity index (χ3n) is 5.61. The van der Waals surface area contributed by atoms with E-state index >= 15 is 0 Å². The van der Waals surface area contributed by atoms with Crippen molar-refractivity contribution in [1.82, 2.24) is 20.4 Å². The normalized spacial score (nSPS) is 16.3. The molecule has 2 aromatic carbocycles. The van der Waals surface area contributed by atoms with Crippen LogP contribution in [-0.4, -0.2) is 21.1 Å². The van der Waals surface area contributed by atoms with Crippen LogP contribution in [0.3, 0.4) is 0 Å². The van der Waals surface area contributed by atoms with Gasteiger partial charge in [-0.3, -0.25) is 4.90 Å². The second kappa shape index (κ2) is 8.63. The Hall–Kier alpha value is -3.78. The van der Waals surface area contributed by atoms with Crippen LogP contribution in [0, 0.1) is 12.7 Å². The lowest BCUT2D eigenvalue weighted by Crippen LogP contribution is -2.45. The van der Waals surface area contributed by atoms with Crippen molar-refractivity contribution in [1.29, 1.82) is 0 Å². The van der Waals surface area contributed by atoms with Crippen LogP contribution in [0.15, 0.2) is 76.3 Å². The number of allylic oxidation sites excluding steroid dienone is 1. The van der Waals surface area contributed by atoms with Crippen molar-refractivity contribution in [2.45, 2.75) is 26.4 Å². The molecule has 4 aromatic rings. The maximum Gasteiger partial charge on any atom is 0.322 e. The first-order valence-electron chi connectivity index (χ1n) is 10.5. The van der Waals surface area contributed by atoms with E-state index in [1.165, 1.54) is 12.1 Å². The average Bonchev–Trinajstić information content (AvgIpc) is 3.49. The molecule has 1 aliphatic heterocycles. The molecule has 0 saturated carbocycles. The van der Waals surface area contributed by atoms with Crippen LogP contribution in [0.4, 0.5) is 9.18 Å². The van der Waals surface area contributed by atoms with Crippen LogP contribution in [0.5, 0.6) is 0 Å². The van der Waals surface area contributed by atoms with E-state index in [0.29, 0.717) is 29.2 Å². The Bertz CT molecular complexity index is 1350. The number of urea groups is 1. The number of halogens is 1. The number of aromatic nitrogens is 2. The Morgan fingerprint density at radius 1 is 1.12 bits per heavy atom. The Kier molecular flexibility index (Phi) is 5.51. The van der Waals surface area contributed by atoms with Crippen LogP contribution in [0.1, 0.15) is 34.9 Å². The number of carbonyl (C=O) groups is 1. The summed E-state index contributed by atoms with van der Waals surface area (Å²) < 4.78 is 19.7. The predicted molar refractivity (Wildman–Crippen MR) is 125 cm³/mol. The van der Waals surface area contributed by atoms with Crippen molar-refractivity contribution in [2.24, 2.45) is 0 Å². The lowest BCUT2D eigenvalue weighted by atomic mass is 9.94. The Balaban J connectivity index is 1.61. The summed E-state index contributed by atoms with van der Waals surface area (Å²) in [5.41, 5.74) is 3.84. The Morgan fingerprint density at radius 2 is 1.97 bits per heavy atom. The summed E-state index contributed by atoms with van der Waals surface area (Å²) in [7, 11) is 0. The molecule has 0 spiro atoms. The molecule has 2 aromatic heterocycles. The van der Waals surface area contributed by atoms with Gasteiger partial charge in [-0.15, -0.1) is 11.3 Å². The summed E-state index contributed by atoms with van der Waals surface area (Å²) in [6.07, 6.45) is 0. The molecule has 1 aliphatic rings. The first-order chi connectivity index (χ1) is 16.0. The maximum atomic E-state index is 14.0. The number of amides is 2. The summed E-state index contributed by atoms with van der Waals surface area (Å²) in [6.45, 7) is 4.26. The average molecular weight is 461 g/mol. The highest BCUT2D eigenvalue weighted by Crippen LogP contribution is 2.38. The van der Waals surface area contributed by atoms with Crippen LogP contribution in [0.2, 0.25) is 0 Å². The summed E-state index contributed by atoms with van der Waals surface area (Å²) in [5.74, 6) is 0.355. The van der Waals surface area contributed by atoms with Gasteiger partial charge >= 0.3 is 6.03 Å². The number of benzene rings is 2. The van der Waals surface area contributed by atoms with Gasteiger partial charge in [-0.1, -0.05) is 47.1 Å². The molecule has 5 rings (SSSR count). The van der Waals surface area contributed by atoms with Crippen LogP contribution < -0.4 is 5.32 Å². The van der Waals surface area contributed by atoms with E-state index in [2.05, 4.69) is 15.5 Å². The molecule has 166 valence electrons. The van der Waals surface area contributed by atoms with Crippen molar-refractivity contribution >= 4 is 22.9 Å². The second-order valence-corrected chi connectivity index (χ2v) is 8.93. The molecule has 0 radical (unpaired) electrons. The number of thiophene rings is 1. The molecule has 0 bridgehead atoms. The smallest absolute Gasteiger partial charge is 0.322 e. The number of carbonyl (C=O) groups excluding carboxylic acids is 1. The van der Waals surface area contributed by atoms with Gasteiger partial charge in [0.05, 0.1) is 18.2 Å². The molecule has 6 nitrogen and oxygen atoms in total. The van der Waals surface area contributed by atoms with E-state index < -0.39 is 6.04 Å². The minimum absolute atomic E-state index is 0.266. The largest absolute Gasteiger partial charge is 0.334 e. The van der Waals surface area contributed by atoms with E-state index in [-0.39, 0.29) is 17.7 Å². The van der Waals surface area contributed by atoms with Crippen molar-refractivity contribution in [3.63, 3.8) is 0 Å². The quantitative estimate of drug-likeness (QED) is 0.400. The van der Waals surface area contributed by atoms with Crippen molar-refractivity contribution in [3.8, 4) is 11.4 Å². The monoisotopic (exact) mass is 460 g/mol. The standard InChI is InChI=1S/C25H21FN4O2S/c1-15-6-3-8-18(12-15)23-28-24(32-29-23)21-16(2)30(14-20-10-5-11-33-20)25(31)27-22(21)17-7-4-9-19(26)13-17/h3-13,22H,14H2,1-2H3,(H,27,31). The lowest BCUT2D eigenvalue weighted by Gasteiger charge is -2.35. The highest BCUT2D eigenvalue weighted by atomic mass is 32.1. The Morgan fingerprint density at radius 3 is 2.73 bits per heavy atom. The van der Waals surface area contributed by atoms with Gasteiger partial charge in [0.2, 0.25) is 5.82 Å². The summed E-state index contributed by atoms with van der Waals surface area (Å²) in [4.78, 5) is 20.4. The number of nitrogens with zero attached hydrogens (tertiary/aromatic N) is 3. The molecule has 1 unspecified atom stereocenters. The molecule has 3 heterocycles. The predicted octanol–water partition coefficient (Wildman–Crippen LogP) is 5.94. The van der Waals surface area contributed by atoms with Gasteiger partial charge in [0.15, 0.2) is 0 Å². The lowest BCUT2D eigenvalue weighted by molar-refractivity contribution is 0.203. The molecular formula is C25H21FN4O2S. The molecule has 0 aliphatic carbocycles. The number of hydrogen-bond acceptors (Lipinski definition) is 5. The van der Waals surface area contributed by atoms with Crippen LogP contribution in [-0.2, 0) is 6.54 Å². The third kappa shape index (κ3) is 4.17.